The maximum Gasteiger partial charge on any atom is 0.337 e. The molecule has 7 nitrogen and oxygen atoms in total. The van der Waals surface area contributed by atoms with Crippen molar-refractivity contribution in [2.75, 3.05) is 13.7 Å². The van der Waals surface area contributed by atoms with Crippen molar-refractivity contribution in [2.45, 2.75) is 38.4 Å². The summed E-state index contributed by atoms with van der Waals surface area (Å²) in [4.78, 5) is 12.0. The summed E-state index contributed by atoms with van der Waals surface area (Å²) in [5.74, 6) is -0.495. The summed E-state index contributed by atoms with van der Waals surface area (Å²) in [6.07, 6.45) is -1.98. The highest BCUT2D eigenvalue weighted by Crippen LogP contribution is 2.24. The van der Waals surface area contributed by atoms with Gasteiger partial charge in [-0.1, -0.05) is 0 Å². The van der Waals surface area contributed by atoms with Gasteiger partial charge in [-0.15, -0.1) is 0 Å². The monoisotopic (exact) mass is 302 g/mol. The highest BCUT2D eigenvalue weighted by atomic mass is 32.1. The van der Waals surface area contributed by atoms with E-state index in [1.54, 1.807) is 13.8 Å². The van der Waals surface area contributed by atoms with Crippen molar-refractivity contribution < 1.29 is 24.1 Å². The summed E-state index contributed by atoms with van der Waals surface area (Å²) < 4.78 is 15.6. The van der Waals surface area contributed by atoms with E-state index in [2.05, 4.69) is 10.6 Å². The Balaban J connectivity index is 2.33. The Bertz CT molecular complexity index is 453. The first kappa shape index (κ1) is 15.2. The minimum Gasteiger partial charge on any atom is -0.466 e. The quantitative estimate of drug-likeness (QED) is 0.460. The molecule has 1 fully saturated rings. The van der Waals surface area contributed by atoms with Gasteiger partial charge in [0, 0.05) is 5.70 Å². The number of esters is 1. The molecule has 0 aliphatic carbocycles. The van der Waals surface area contributed by atoms with E-state index < -0.39 is 30.5 Å². The van der Waals surface area contributed by atoms with Crippen molar-refractivity contribution in [3.8, 4) is 0 Å². The molecule has 0 spiro atoms. The summed E-state index contributed by atoms with van der Waals surface area (Å²) in [5.41, 5.74) is 0.944. The lowest BCUT2D eigenvalue weighted by molar-refractivity contribution is -0.247. The third-order valence-electron chi connectivity index (χ3n) is 3.27. The normalized spacial score (nSPS) is 34.3. The number of aliphatic hydroxyl groups excluding tert-OH is 1. The van der Waals surface area contributed by atoms with Crippen LogP contribution in [0.2, 0.25) is 0 Å². The van der Waals surface area contributed by atoms with Gasteiger partial charge in [0.15, 0.2) is 11.4 Å². The number of carbonyl (C=O) groups is 1. The second-order valence-electron chi connectivity index (χ2n) is 4.68. The van der Waals surface area contributed by atoms with Crippen molar-refractivity contribution >= 4 is 23.3 Å². The molecule has 2 aliphatic rings. The van der Waals surface area contributed by atoms with Crippen LogP contribution in [0, 0.1) is 0 Å². The molecule has 0 aromatic carbocycles. The van der Waals surface area contributed by atoms with E-state index >= 15 is 0 Å². The predicted octanol–water partition coefficient (Wildman–Crippen LogP) is -0.598. The van der Waals surface area contributed by atoms with Gasteiger partial charge in [0.2, 0.25) is 0 Å². The standard InChI is InChI=1S/C12H18N2O5S/c1-5-8(11(16)17-3)9(14-12(20)13-5)10-7(15)4-18-6(2)19-10/h6-7,9-10,15H,4H2,1-3H3,(H2,13,14,20)/t6-,7-,9?,10-/m1/s1. The first-order chi connectivity index (χ1) is 9.43. The van der Waals surface area contributed by atoms with Gasteiger partial charge in [0.25, 0.3) is 0 Å². The molecule has 1 saturated heterocycles. The first-order valence-corrected chi connectivity index (χ1v) is 6.66. The smallest absolute Gasteiger partial charge is 0.337 e. The molecule has 0 saturated carbocycles. The number of allylic oxidation sites excluding steroid dienone is 1. The Kier molecular flexibility index (Phi) is 4.59. The topological polar surface area (TPSA) is 89.1 Å². The predicted molar refractivity (Wildman–Crippen MR) is 73.7 cm³/mol. The number of ether oxygens (including phenoxy) is 3. The second-order valence-corrected chi connectivity index (χ2v) is 5.08. The zero-order valence-corrected chi connectivity index (χ0v) is 12.3. The molecule has 0 amide bonds. The van der Waals surface area contributed by atoms with Gasteiger partial charge in [-0.2, -0.15) is 0 Å². The number of thiocarbonyl (C=S) groups is 1. The zero-order valence-electron chi connectivity index (χ0n) is 11.5. The van der Waals surface area contributed by atoms with E-state index in [0.29, 0.717) is 16.4 Å². The molecule has 2 rings (SSSR count). The molecule has 4 atom stereocenters. The molecule has 2 aliphatic heterocycles. The molecule has 0 aromatic rings. The van der Waals surface area contributed by atoms with E-state index in [4.69, 9.17) is 26.4 Å². The van der Waals surface area contributed by atoms with Gasteiger partial charge in [0.05, 0.1) is 25.3 Å². The fourth-order valence-electron chi connectivity index (χ4n) is 2.34. The number of nitrogens with one attached hydrogen (secondary N) is 2. The van der Waals surface area contributed by atoms with Crippen molar-refractivity contribution in [3.63, 3.8) is 0 Å². The number of carbonyl (C=O) groups excluding carboxylic acids is 1. The van der Waals surface area contributed by atoms with E-state index in [0.717, 1.165) is 0 Å². The van der Waals surface area contributed by atoms with Crippen LogP contribution in [0.3, 0.4) is 0 Å². The summed E-state index contributed by atoms with van der Waals surface area (Å²) in [5, 5.41) is 16.3. The number of aliphatic hydroxyl groups is 1. The summed E-state index contributed by atoms with van der Waals surface area (Å²) in [6, 6.07) is -0.586. The Morgan fingerprint density at radius 2 is 2.25 bits per heavy atom. The second kappa shape index (κ2) is 6.04. The fourth-order valence-corrected chi connectivity index (χ4v) is 2.62. The van der Waals surface area contributed by atoms with Gasteiger partial charge in [-0.3, -0.25) is 0 Å². The van der Waals surface area contributed by atoms with Crippen molar-refractivity contribution in [1.82, 2.24) is 10.6 Å². The van der Waals surface area contributed by atoms with E-state index in [9.17, 15) is 9.90 Å². The molecule has 112 valence electrons. The third-order valence-corrected chi connectivity index (χ3v) is 3.49. The van der Waals surface area contributed by atoms with Crippen LogP contribution in [0.5, 0.6) is 0 Å². The van der Waals surface area contributed by atoms with Crippen LogP contribution in [0.15, 0.2) is 11.3 Å². The lowest BCUT2D eigenvalue weighted by atomic mass is 9.94. The van der Waals surface area contributed by atoms with Gasteiger partial charge in [-0.25, -0.2) is 4.79 Å². The molecule has 0 bridgehead atoms. The van der Waals surface area contributed by atoms with Crippen LogP contribution >= 0.6 is 12.2 Å². The van der Waals surface area contributed by atoms with Crippen molar-refractivity contribution in [2.24, 2.45) is 0 Å². The summed E-state index contributed by atoms with van der Waals surface area (Å²) in [6.45, 7) is 3.59. The third kappa shape index (κ3) is 2.93. The number of hydrogen-bond donors (Lipinski definition) is 3. The summed E-state index contributed by atoms with van der Waals surface area (Å²) in [7, 11) is 1.30. The molecule has 20 heavy (non-hydrogen) atoms. The fraction of sp³-hybridized carbons (Fsp3) is 0.667. The molecule has 3 N–H and O–H groups in total. The number of methoxy groups -OCH3 is 1. The maximum absolute atomic E-state index is 12.0. The molecule has 0 radical (unpaired) electrons. The Hall–Kier alpha value is -1.22. The van der Waals surface area contributed by atoms with Gasteiger partial charge < -0.3 is 30.0 Å². The molecule has 0 aromatic heterocycles. The average molecular weight is 302 g/mol. The van der Waals surface area contributed by atoms with Gasteiger partial charge in [0.1, 0.15) is 12.2 Å². The molecule has 8 heteroatoms. The molecule has 2 heterocycles. The van der Waals surface area contributed by atoms with Crippen molar-refractivity contribution in [3.05, 3.63) is 11.3 Å². The van der Waals surface area contributed by atoms with Crippen molar-refractivity contribution in [1.29, 1.82) is 0 Å². The van der Waals surface area contributed by atoms with Crippen LogP contribution in [-0.4, -0.2) is 54.4 Å². The van der Waals surface area contributed by atoms with Gasteiger partial charge >= 0.3 is 5.97 Å². The largest absolute Gasteiger partial charge is 0.466 e. The van der Waals surface area contributed by atoms with Gasteiger partial charge in [-0.05, 0) is 26.1 Å². The van der Waals surface area contributed by atoms with Crippen LogP contribution in [-0.2, 0) is 19.0 Å². The van der Waals surface area contributed by atoms with E-state index in [1.807, 2.05) is 0 Å². The van der Waals surface area contributed by atoms with Crippen LogP contribution in [0.1, 0.15) is 13.8 Å². The highest BCUT2D eigenvalue weighted by Gasteiger charge is 2.42. The lowest BCUT2D eigenvalue weighted by Gasteiger charge is -2.40. The summed E-state index contributed by atoms with van der Waals surface area (Å²) >= 11 is 5.10. The molecular weight excluding hydrogens is 284 g/mol. The SMILES string of the molecule is COC(=O)C1=C(C)NC(=S)NC1[C@@H]1O[C@H](C)OC[C@H]1O. The Morgan fingerprint density at radius 1 is 1.55 bits per heavy atom. The maximum atomic E-state index is 12.0. The first-order valence-electron chi connectivity index (χ1n) is 6.25. The number of hydrogen-bond acceptors (Lipinski definition) is 6. The number of rotatable bonds is 2. The van der Waals surface area contributed by atoms with Crippen LogP contribution < -0.4 is 10.6 Å². The highest BCUT2D eigenvalue weighted by molar-refractivity contribution is 7.80. The minimum atomic E-state index is -0.864. The Morgan fingerprint density at radius 3 is 2.90 bits per heavy atom. The van der Waals surface area contributed by atoms with E-state index in [-0.39, 0.29) is 6.61 Å². The molecular formula is C12H18N2O5S. The lowest BCUT2D eigenvalue weighted by Crippen LogP contribution is -2.60. The molecule has 1 unspecified atom stereocenters. The average Bonchev–Trinajstić information content (AvgIpc) is 2.40. The zero-order chi connectivity index (χ0) is 14.9. The minimum absolute atomic E-state index is 0.137. The van der Waals surface area contributed by atoms with E-state index in [1.165, 1.54) is 7.11 Å². The van der Waals surface area contributed by atoms with Crippen LogP contribution in [0.25, 0.3) is 0 Å². The van der Waals surface area contributed by atoms with Crippen LogP contribution in [0.4, 0.5) is 0 Å². The Labute approximate surface area is 122 Å².